The third kappa shape index (κ3) is 7.64. The number of hydroxylamine groups is 1. The number of nitrogens with one attached hydrogen (secondary N) is 2. The van der Waals surface area contributed by atoms with Crippen LogP contribution in [0.2, 0.25) is 5.15 Å². The van der Waals surface area contributed by atoms with Gasteiger partial charge < -0.3 is 15.1 Å². The Kier molecular flexibility index (Phi) is 10.3. The van der Waals surface area contributed by atoms with Crippen LogP contribution in [0.25, 0.3) is 0 Å². The number of rotatable bonds is 10. The maximum atomic E-state index is 12.8. The Hall–Kier alpha value is -2.20. The molecule has 2 aromatic heterocycles. The Labute approximate surface area is 216 Å². The van der Waals surface area contributed by atoms with Gasteiger partial charge in [0.1, 0.15) is 5.15 Å². The van der Waals surface area contributed by atoms with Crippen LogP contribution in [0, 0.1) is 13.8 Å². The van der Waals surface area contributed by atoms with Crippen molar-refractivity contribution in [3.63, 3.8) is 0 Å². The number of pyridine rings is 1. The van der Waals surface area contributed by atoms with Crippen molar-refractivity contribution >= 4 is 34.9 Å². The summed E-state index contributed by atoms with van der Waals surface area (Å²) in [6.07, 6.45) is 2.64. The standard InChI is InChI=1S/C25H36ClN5O3S/c1-5-34-29-25(33)31(15-20-9-13-35-16-20)21-7-11-30(12-8-21)18(3)6-10-27-24(32)23-17(2)14-22(26)28-19(23)4/h9,13-14,16,18,21H,5-8,10-12,15H2,1-4H3,(H,27,32)(H,29,33). The molecular formula is C25H36ClN5O3S. The second-order valence-corrected chi connectivity index (χ2v) is 10.2. The highest BCUT2D eigenvalue weighted by atomic mass is 35.5. The smallest absolute Gasteiger partial charge is 0.341 e. The fourth-order valence-electron chi connectivity index (χ4n) is 4.57. The van der Waals surface area contributed by atoms with Crippen LogP contribution in [0.1, 0.15) is 60.3 Å². The largest absolute Gasteiger partial charge is 0.352 e. The zero-order chi connectivity index (χ0) is 25.4. The van der Waals surface area contributed by atoms with Crippen LogP contribution in [0.15, 0.2) is 22.9 Å². The van der Waals surface area contributed by atoms with Gasteiger partial charge in [-0.15, -0.1) is 0 Å². The van der Waals surface area contributed by atoms with E-state index in [9.17, 15) is 9.59 Å². The van der Waals surface area contributed by atoms with Gasteiger partial charge in [0, 0.05) is 38.3 Å². The summed E-state index contributed by atoms with van der Waals surface area (Å²) in [5.74, 6) is -0.112. The summed E-state index contributed by atoms with van der Waals surface area (Å²) in [5, 5.41) is 7.54. The predicted octanol–water partition coefficient (Wildman–Crippen LogP) is 4.55. The molecule has 0 radical (unpaired) electrons. The molecule has 0 bridgehead atoms. The summed E-state index contributed by atoms with van der Waals surface area (Å²) in [4.78, 5) is 39.1. The molecule has 10 heteroatoms. The van der Waals surface area contributed by atoms with Gasteiger partial charge in [0.15, 0.2) is 0 Å². The van der Waals surface area contributed by atoms with Crippen molar-refractivity contribution in [2.45, 2.75) is 65.6 Å². The van der Waals surface area contributed by atoms with Gasteiger partial charge in [-0.25, -0.2) is 15.3 Å². The highest BCUT2D eigenvalue weighted by molar-refractivity contribution is 7.07. The monoisotopic (exact) mass is 521 g/mol. The molecule has 1 unspecified atom stereocenters. The summed E-state index contributed by atoms with van der Waals surface area (Å²) in [5.41, 5.74) is 5.76. The SMILES string of the molecule is CCONC(=O)N(Cc1ccsc1)C1CCN(C(C)CCNC(=O)c2c(C)cc(Cl)nc2C)CC1. The first-order valence-corrected chi connectivity index (χ1v) is 13.5. The molecule has 35 heavy (non-hydrogen) atoms. The van der Waals surface area contributed by atoms with E-state index in [0.717, 1.165) is 43.5 Å². The van der Waals surface area contributed by atoms with Gasteiger partial charge in [-0.3, -0.25) is 9.63 Å². The van der Waals surface area contributed by atoms with Crippen LogP contribution >= 0.6 is 22.9 Å². The van der Waals surface area contributed by atoms with E-state index in [0.29, 0.717) is 42.1 Å². The van der Waals surface area contributed by atoms with Gasteiger partial charge >= 0.3 is 6.03 Å². The van der Waals surface area contributed by atoms with Crippen molar-refractivity contribution in [2.75, 3.05) is 26.2 Å². The number of hydrogen-bond donors (Lipinski definition) is 2. The van der Waals surface area contributed by atoms with E-state index >= 15 is 0 Å². The molecule has 3 amide bonds. The number of thiophene rings is 1. The molecular weight excluding hydrogens is 486 g/mol. The maximum absolute atomic E-state index is 12.8. The average molecular weight is 522 g/mol. The molecule has 8 nitrogen and oxygen atoms in total. The number of aromatic nitrogens is 1. The van der Waals surface area contributed by atoms with Crippen molar-refractivity contribution in [2.24, 2.45) is 0 Å². The minimum atomic E-state index is -0.186. The number of likely N-dealkylation sites (tertiary alicyclic amines) is 1. The number of carbonyl (C=O) groups is 2. The van der Waals surface area contributed by atoms with Crippen molar-refractivity contribution in [3.05, 3.63) is 50.4 Å². The Morgan fingerprint density at radius 1 is 1.34 bits per heavy atom. The summed E-state index contributed by atoms with van der Waals surface area (Å²) < 4.78 is 0. The molecule has 0 saturated carbocycles. The number of urea groups is 1. The first-order chi connectivity index (χ1) is 16.8. The van der Waals surface area contributed by atoms with E-state index in [4.69, 9.17) is 16.4 Å². The molecule has 0 spiro atoms. The third-order valence-electron chi connectivity index (χ3n) is 6.50. The summed E-state index contributed by atoms with van der Waals surface area (Å²) in [7, 11) is 0. The Morgan fingerprint density at radius 3 is 2.71 bits per heavy atom. The number of amides is 3. The number of halogens is 1. The number of nitrogens with zero attached hydrogens (tertiary/aromatic N) is 3. The number of hydrogen-bond acceptors (Lipinski definition) is 6. The molecule has 2 aromatic rings. The maximum Gasteiger partial charge on any atom is 0.341 e. The van der Waals surface area contributed by atoms with E-state index in [1.807, 2.05) is 24.1 Å². The highest BCUT2D eigenvalue weighted by Gasteiger charge is 2.30. The molecule has 1 atom stereocenters. The molecule has 1 aliphatic heterocycles. The number of piperidine rings is 1. The lowest BCUT2D eigenvalue weighted by molar-refractivity contribution is 0.0374. The highest BCUT2D eigenvalue weighted by Crippen LogP contribution is 2.22. The topological polar surface area (TPSA) is 86.8 Å². The first kappa shape index (κ1) is 27.4. The fraction of sp³-hybridized carbons (Fsp3) is 0.560. The molecule has 3 rings (SSSR count). The van der Waals surface area contributed by atoms with Crippen LogP contribution in [0.3, 0.4) is 0 Å². The first-order valence-electron chi connectivity index (χ1n) is 12.2. The van der Waals surface area contributed by atoms with Crippen molar-refractivity contribution < 1.29 is 14.4 Å². The van der Waals surface area contributed by atoms with Gasteiger partial charge in [-0.2, -0.15) is 11.3 Å². The Morgan fingerprint density at radius 2 is 2.09 bits per heavy atom. The minimum absolute atomic E-state index is 0.112. The molecule has 2 N–H and O–H groups in total. The van der Waals surface area contributed by atoms with E-state index in [-0.39, 0.29) is 18.0 Å². The summed E-state index contributed by atoms with van der Waals surface area (Å²) in [6, 6.07) is 4.06. The quantitative estimate of drug-likeness (QED) is 0.354. The zero-order valence-electron chi connectivity index (χ0n) is 21.0. The van der Waals surface area contributed by atoms with Gasteiger partial charge in [0.05, 0.1) is 17.9 Å². The van der Waals surface area contributed by atoms with Crippen molar-refractivity contribution in [3.8, 4) is 0 Å². The van der Waals surface area contributed by atoms with Crippen LogP contribution in [-0.2, 0) is 11.4 Å². The van der Waals surface area contributed by atoms with E-state index in [1.54, 1.807) is 24.3 Å². The molecule has 1 fully saturated rings. The fourth-order valence-corrected chi connectivity index (χ4v) is 5.52. The Bertz CT molecular complexity index is 956. The summed E-state index contributed by atoms with van der Waals surface area (Å²) >= 11 is 7.62. The van der Waals surface area contributed by atoms with Crippen LogP contribution < -0.4 is 10.8 Å². The molecule has 192 valence electrons. The molecule has 3 heterocycles. The van der Waals surface area contributed by atoms with E-state index < -0.39 is 0 Å². The van der Waals surface area contributed by atoms with Crippen molar-refractivity contribution in [1.29, 1.82) is 0 Å². The lowest BCUT2D eigenvalue weighted by atomic mass is 10.0. The second-order valence-electron chi connectivity index (χ2n) is 8.98. The van der Waals surface area contributed by atoms with Gasteiger partial charge in [-0.05, 0) is 81.0 Å². The minimum Gasteiger partial charge on any atom is -0.352 e. The summed E-state index contributed by atoms with van der Waals surface area (Å²) in [6.45, 7) is 11.1. The van der Waals surface area contributed by atoms with Crippen LogP contribution in [0.4, 0.5) is 4.79 Å². The Balaban J connectivity index is 1.49. The molecule has 0 aromatic carbocycles. The number of carbonyl (C=O) groups excluding carboxylic acids is 2. The lowest BCUT2D eigenvalue weighted by Crippen LogP contribution is -2.51. The normalized spacial score (nSPS) is 15.6. The van der Waals surface area contributed by atoms with Crippen LogP contribution in [0.5, 0.6) is 0 Å². The zero-order valence-corrected chi connectivity index (χ0v) is 22.5. The molecule has 1 saturated heterocycles. The van der Waals surface area contributed by atoms with Gasteiger partial charge in [0.25, 0.3) is 5.91 Å². The van der Waals surface area contributed by atoms with Crippen LogP contribution in [-0.4, -0.2) is 65.0 Å². The van der Waals surface area contributed by atoms with E-state index in [1.165, 1.54) is 0 Å². The van der Waals surface area contributed by atoms with Gasteiger partial charge in [-0.1, -0.05) is 11.6 Å². The molecule has 0 aliphatic carbocycles. The third-order valence-corrected chi connectivity index (χ3v) is 7.43. The van der Waals surface area contributed by atoms with E-state index in [2.05, 4.69) is 39.1 Å². The van der Waals surface area contributed by atoms with Crippen molar-refractivity contribution in [1.82, 2.24) is 25.6 Å². The number of aryl methyl sites for hydroxylation is 2. The molecule has 1 aliphatic rings. The second kappa shape index (κ2) is 13.2. The predicted molar refractivity (Wildman–Crippen MR) is 140 cm³/mol. The lowest BCUT2D eigenvalue weighted by Gasteiger charge is -2.40. The average Bonchev–Trinajstić information content (AvgIpc) is 3.34. The van der Waals surface area contributed by atoms with Gasteiger partial charge in [0.2, 0.25) is 0 Å².